The molecular formula is C13H22N2O3. The van der Waals surface area contributed by atoms with Crippen molar-refractivity contribution < 1.29 is 14.7 Å². The minimum Gasteiger partial charge on any atom is -0.481 e. The van der Waals surface area contributed by atoms with Crippen molar-refractivity contribution in [3.63, 3.8) is 0 Å². The van der Waals surface area contributed by atoms with Gasteiger partial charge >= 0.3 is 12.0 Å². The average Bonchev–Trinajstić information content (AvgIpc) is 2.18. The molecule has 5 heteroatoms. The predicted molar refractivity (Wildman–Crippen MR) is 67.3 cm³/mol. The van der Waals surface area contributed by atoms with Crippen LogP contribution in [0.25, 0.3) is 0 Å². The molecular weight excluding hydrogens is 232 g/mol. The Morgan fingerprint density at radius 3 is 2.39 bits per heavy atom. The number of aliphatic carboxylic acids is 1. The quantitative estimate of drug-likeness (QED) is 0.786. The van der Waals surface area contributed by atoms with Crippen LogP contribution in [0, 0.1) is 5.41 Å². The number of rotatable bonds is 5. The van der Waals surface area contributed by atoms with Crippen LogP contribution in [0.2, 0.25) is 0 Å². The second kappa shape index (κ2) is 5.16. The summed E-state index contributed by atoms with van der Waals surface area (Å²) < 4.78 is 0. The summed E-state index contributed by atoms with van der Waals surface area (Å²) in [5, 5.41) is 11.8. The van der Waals surface area contributed by atoms with Gasteiger partial charge in [-0.1, -0.05) is 6.42 Å². The van der Waals surface area contributed by atoms with E-state index in [9.17, 15) is 9.59 Å². The first-order chi connectivity index (χ1) is 8.52. The lowest BCUT2D eigenvalue weighted by molar-refractivity contribution is -0.141. The van der Waals surface area contributed by atoms with Crippen molar-refractivity contribution in [3.8, 4) is 0 Å². The molecule has 2 fully saturated rings. The zero-order valence-electron chi connectivity index (χ0n) is 10.9. The molecule has 2 N–H and O–H groups in total. The maximum Gasteiger partial charge on any atom is 0.317 e. The number of hydrogen-bond donors (Lipinski definition) is 2. The van der Waals surface area contributed by atoms with E-state index in [1.54, 1.807) is 4.90 Å². The molecule has 2 aliphatic rings. The van der Waals surface area contributed by atoms with Crippen LogP contribution in [-0.2, 0) is 4.79 Å². The Morgan fingerprint density at radius 2 is 2.00 bits per heavy atom. The molecule has 0 bridgehead atoms. The molecule has 0 heterocycles. The van der Waals surface area contributed by atoms with Gasteiger partial charge in [-0.2, -0.15) is 0 Å². The van der Waals surface area contributed by atoms with E-state index in [1.165, 1.54) is 6.42 Å². The molecule has 0 aromatic rings. The molecule has 0 radical (unpaired) electrons. The fraction of sp³-hybridized carbons (Fsp3) is 0.846. The molecule has 0 aliphatic heterocycles. The van der Waals surface area contributed by atoms with Crippen LogP contribution in [0.1, 0.15) is 44.9 Å². The molecule has 2 saturated carbocycles. The van der Waals surface area contributed by atoms with Gasteiger partial charge in [0.15, 0.2) is 0 Å². The molecule has 0 saturated heterocycles. The second-order valence-electron chi connectivity index (χ2n) is 5.78. The molecule has 102 valence electrons. The first-order valence-corrected chi connectivity index (χ1v) is 6.75. The maximum atomic E-state index is 11.9. The molecule has 5 nitrogen and oxygen atoms in total. The largest absolute Gasteiger partial charge is 0.481 e. The van der Waals surface area contributed by atoms with Gasteiger partial charge in [0.1, 0.15) is 0 Å². The number of carboxylic acids is 1. The number of amides is 2. The van der Waals surface area contributed by atoms with Crippen LogP contribution in [0.3, 0.4) is 0 Å². The molecule has 0 aromatic carbocycles. The summed E-state index contributed by atoms with van der Waals surface area (Å²) in [6.07, 6.45) is 6.43. The van der Waals surface area contributed by atoms with Gasteiger partial charge in [0.05, 0.1) is 6.42 Å². The smallest absolute Gasteiger partial charge is 0.317 e. The van der Waals surface area contributed by atoms with Crippen LogP contribution in [-0.4, -0.2) is 41.6 Å². The third kappa shape index (κ3) is 2.76. The van der Waals surface area contributed by atoms with Crippen molar-refractivity contribution in [2.45, 2.75) is 51.0 Å². The lowest BCUT2D eigenvalue weighted by Crippen LogP contribution is -2.50. The van der Waals surface area contributed by atoms with Crippen LogP contribution >= 0.6 is 0 Å². The number of nitrogens with one attached hydrogen (secondary N) is 1. The number of hydrogen-bond acceptors (Lipinski definition) is 2. The first-order valence-electron chi connectivity index (χ1n) is 6.75. The van der Waals surface area contributed by atoms with E-state index in [0.29, 0.717) is 12.6 Å². The number of carbonyl (C=O) groups excluding carboxylic acids is 1. The first kappa shape index (κ1) is 13.2. The topological polar surface area (TPSA) is 69.6 Å². The fourth-order valence-corrected chi connectivity index (χ4v) is 2.74. The van der Waals surface area contributed by atoms with Crippen LogP contribution in [0.4, 0.5) is 4.79 Å². The molecule has 0 atom stereocenters. The Hall–Kier alpha value is -1.26. The zero-order valence-corrected chi connectivity index (χ0v) is 10.9. The van der Waals surface area contributed by atoms with Crippen LogP contribution in [0.5, 0.6) is 0 Å². The Bertz CT molecular complexity index is 335. The van der Waals surface area contributed by atoms with Gasteiger partial charge < -0.3 is 15.3 Å². The molecule has 0 aromatic heterocycles. The van der Waals surface area contributed by atoms with Gasteiger partial charge in [-0.25, -0.2) is 4.79 Å². The third-order valence-corrected chi connectivity index (χ3v) is 4.50. The number of carbonyl (C=O) groups is 2. The summed E-state index contributed by atoms with van der Waals surface area (Å²) in [6, 6.07) is 0.318. The summed E-state index contributed by atoms with van der Waals surface area (Å²) in [6.45, 7) is 0.495. The van der Waals surface area contributed by atoms with E-state index in [4.69, 9.17) is 5.11 Å². The lowest BCUT2D eigenvalue weighted by atomic mass is 9.66. The summed E-state index contributed by atoms with van der Waals surface area (Å²) in [4.78, 5) is 24.5. The van der Waals surface area contributed by atoms with Crippen molar-refractivity contribution in [2.24, 2.45) is 5.41 Å². The van der Waals surface area contributed by atoms with Gasteiger partial charge in [-0.05, 0) is 37.5 Å². The number of nitrogens with zero attached hydrogens (tertiary/aromatic N) is 1. The molecule has 0 unspecified atom stereocenters. The van der Waals surface area contributed by atoms with E-state index >= 15 is 0 Å². The average molecular weight is 254 g/mol. The molecule has 2 amide bonds. The maximum absolute atomic E-state index is 11.9. The van der Waals surface area contributed by atoms with Gasteiger partial charge in [-0.3, -0.25) is 4.79 Å². The standard InChI is InChI=1S/C13H22N2O3/c1-15(10-4-2-5-10)12(18)14-9-13(6-3-7-13)8-11(16)17/h10H,2-9H2,1H3,(H,14,18)(H,16,17). The summed E-state index contributed by atoms with van der Waals surface area (Å²) in [5.41, 5.74) is -0.193. The van der Waals surface area contributed by atoms with Gasteiger partial charge in [0.25, 0.3) is 0 Å². The Morgan fingerprint density at radius 1 is 1.33 bits per heavy atom. The minimum absolute atomic E-state index is 0.0589. The Balaban J connectivity index is 1.78. The van der Waals surface area contributed by atoms with E-state index in [0.717, 1.165) is 32.1 Å². The van der Waals surface area contributed by atoms with Crippen molar-refractivity contribution in [1.29, 1.82) is 0 Å². The van der Waals surface area contributed by atoms with Crippen LogP contribution < -0.4 is 5.32 Å². The van der Waals surface area contributed by atoms with Crippen molar-refractivity contribution in [1.82, 2.24) is 10.2 Å². The molecule has 0 spiro atoms. The highest BCUT2D eigenvalue weighted by Crippen LogP contribution is 2.43. The Labute approximate surface area is 108 Å². The third-order valence-electron chi connectivity index (χ3n) is 4.50. The summed E-state index contributed by atoms with van der Waals surface area (Å²) >= 11 is 0. The number of urea groups is 1. The highest BCUT2D eigenvalue weighted by Gasteiger charge is 2.39. The van der Waals surface area contributed by atoms with Crippen molar-refractivity contribution in [2.75, 3.05) is 13.6 Å². The van der Waals surface area contributed by atoms with E-state index in [2.05, 4.69) is 5.32 Å². The molecule has 18 heavy (non-hydrogen) atoms. The van der Waals surface area contributed by atoms with Crippen molar-refractivity contribution in [3.05, 3.63) is 0 Å². The SMILES string of the molecule is CN(C(=O)NCC1(CC(=O)O)CCC1)C1CCC1. The number of carboxylic acid groups (broad SMARTS) is 1. The highest BCUT2D eigenvalue weighted by molar-refractivity contribution is 5.74. The lowest BCUT2D eigenvalue weighted by Gasteiger charge is -2.42. The fourth-order valence-electron chi connectivity index (χ4n) is 2.74. The summed E-state index contributed by atoms with van der Waals surface area (Å²) in [5.74, 6) is -0.767. The van der Waals surface area contributed by atoms with E-state index in [-0.39, 0.29) is 17.9 Å². The molecule has 2 aliphatic carbocycles. The van der Waals surface area contributed by atoms with Crippen LogP contribution in [0.15, 0.2) is 0 Å². The van der Waals surface area contributed by atoms with Gasteiger partial charge in [-0.15, -0.1) is 0 Å². The normalized spacial score (nSPS) is 21.6. The molecule has 2 rings (SSSR count). The van der Waals surface area contributed by atoms with Gasteiger partial charge in [0.2, 0.25) is 0 Å². The minimum atomic E-state index is -0.767. The highest BCUT2D eigenvalue weighted by atomic mass is 16.4. The zero-order chi connectivity index (χ0) is 13.2. The van der Waals surface area contributed by atoms with Crippen molar-refractivity contribution >= 4 is 12.0 Å². The monoisotopic (exact) mass is 254 g/mol. The Kier molecular flexibility index (Phi) is 3.78. The van der Waals surface area contributed by atoms with Gasteiger partial charge in [0, 0.05) is 19.6 Å². The summed E-state index contributed by atoms with van der Waals surface area (Å²) in [7, 11) is 1.82. The van der Waals surface area contributed by atoms with E-state index in [1.807, 2.05) is 7.05 Å². The second-order valence-corrected chi connectivity index (χ2v) is 5.78. The van der Waals surface area contributed by atoms with E-state index < -0.39 is 5.97 Å². The predicted octanol–water partition coefficient (Wildman–Crippen LogP) is 1.83.